The van der Waals surface area contributed by atoms with E-state index in [0.29, 0.717) is 0 Å². The quantitative estimate of drug-likeness (QED) is 0.425. The molecule has 0 heterocycles. The lowest BCUT2D eigenvalue weighted by Crippen LogP contribution is -2.30. The maximum absolute atomic E-state index is 11.1. The van der Waals surface area contributed by atoms with E-state index in [1.807, 2.05) is 39.3 Å². The van der Waals surface area contributed by atoms with Crippen LogP contribution in [0.5, 0.6) is 0 Å². The average molecular weight is 233 g/mol. The fourth-order valence-electron chi connectivity index (χ4n) is 0.556. The van der Waals surface area contributed by atoms with Crippen molar-refractivity contribution in [1.29, 1.82) is 0 Å². The molecule has 0 aliphatic heterocycles. The van der Waals surface area contributed by atoms with Gasteiger partial charge < -0.3 is 8.95 Å². The second-order valence-corrected chi connectivity index (χ2v) is 13.8. The molecule has 0 aromatic rings. The zero-order valence-electron chi connectivity index (χ0n) is 9.75. The predicted molar refractivity (Wildman–Crippen MR) is 62.4 cm³/mol. The number of carbonyl (C=O) groups is 1. The van der Waals surface area contributed by atoms with E-state index in [2.05, 4.69) is 5.16 Å². The van der Waals surface area contributed by atoms with Gasteiger partial charge in [-0.1, -0.05) is 0 Å². The maximum Gasteiger partial charge on any atom is 0.339 e. The van der Waals surface area contributed by atoms with Crippen molar-refractivity contribution in [3.8, 4) is 0 Å². The van der Waals surface area contributed by atoms with Gasteiger partial charge in [0.2, 0.25) is 8.32 Å². The van der Waals surface area contributed by atoms with E-state index in [-0.39, 0.29) is 0 Å². The van der Waals surface area contributed by atoms with E-state index in [1.165, 1.54) is 0 Å². The fraction of sp³-hybridized carbons (Fsp3) is 0.750. The zero-order chi connectivity index (χ0) is 11.4. The monoisotopic (exact) mass is 233 g/mol. The summed E-state index contributed by atoms with van der Waals surface area (Å²) in [6.45, 7) is 11.8. The molecule has 0 aliphatic rings. The Morgan fingerprint density at radius 2 is 1.57 bits per heavy atom. The molecule has 14 heavy (non-hydrogen) atoms. The van der Waals surface area contributed by atoms with Crippen molar-refractivity contribution in [2.75, 3.05) is 0 Å². The zero-order valence-corrected chi connectivity index (χ0v) is 11.7. The molecule has 0 unspecified atom stereocenters. The number of hydrogen-bond acceptors (Lipinski definition) is 4. The second-order valence-electron chi connectivity index (χ2n) is 4.97. The first kappa shape index (κ1) is 13.4. The topological polar surface area (TPSA) is 47.9 Å². The molecule has 0 amide bonds. The molecule has 0 fully saturated rings. The van der Waals surface area contributed by atoms with E-state index in [0.717, 1.165) is 6.21 Å². The third-order valence-corrected chi connectivity index (χ3v) is 2.36. The molecule has 0 aromatic carbocycles. The van der Waals surface area contributed by atoms with Crippen LogP contribution in [0.2, 0.25) is 39.3 Å². The van der Waals surface area contributed by atoms with Gasteiger partial charge in [0.15, 0.2) is 0 Å². The first-order valence-electron chi connectivity index (χ1n) is 4.55. The highest BCUT2D eigenvalue weighted by molar-refractivity contribution is 6.72. The van der Waals surface area contributed by atoms with Crippen molar-refractivity contribution in [2.24, 2.45) is 5.16 Å². The Bertz CT molecular complexity index is 228. The largest absolute Gasteiger partial charge is 0.516 e. The van der Waals surface area contributed by atoms with Crippen LogP contribution in [-0.4, -0.2) is 28.8 Å². The molecule has 0 rings (SSSR count). The van der Waals surface area contributed by atoms with Crippen LogP contribution < -0.4 is 0 Å². The lowest BCUT2D eigenvalue weighted by molar-refractivity contribution is -0.127. The third kappa shape index (κ3) is 9.46. The lowest BCUT2D eigenvalue weighted by atomic mass is 10.8. The minimum Gasteiger partial charge on any atom is -0.516 e. The van der Waals surface area contributed by atoms with Gasteiger partial charge >= 0.3 is 5.97 Å². The summed E-state index contributed by atoms with van der Waals surface area (Å²) < 4.78 is 10.3. The normalized spacial score (nSPS) is 13.0. The maximum atomic E-state index is 11.1. The van der Waals surface area contributed by atoms with Gasteiger partial charge in [-0.15, -0.1) is 5.16 Å². The molecule has 0 saturated heterocycles. The van der Waals surface area contributed by atoms with Gasteiger partial charge in [0, 0.05) is 0 Å². The molecular formula is C8H19NO3Si2. The summed E-state index contributed by atoms with van der Waals surface area (Å²) >= 11 is 0. The predicted octanol–water partition coefficient (Wildman–Crippen LogP) is 2.20. The number of oxime groups is 1. The van der Waals surface area contributed by atoms with E-state index in [4.69, 9.17) is 8.95 Å². The molecule has 4 nitrogen and oxygen atoms in total. The van der Waals surface area contributed by atoms with Crippen LogP contribution in [0.3, 0.4) is 0 Å². The Kier molecular flexibility index (Phi) is 4.53. The number of hydrogen-bond donors (Lipinski definition) is 0. The average Bonchev–Trinajstić information content (AvgIpc) is 1.78. The van der Waals surface area contributed by atoms with E-state index in [9.17, 15) is 4.79 Å². The van der Waals surface area contributed by atoms with Crippen LogP contribution >= 0.6 is 0 Å². The molecule has 0 bridgehead atoms. The summed E-state index contributed by atoms with van der Waals surface area (Å²) in [5, 5.41) is 3.61. The Hall–Kier alpha value is -0.626. The highest BCUT2D eigenvalue weighted by atomic mass is 28.4. The van der Waals surface area contributed by atoms with E-state index in [1.54, 1.807) is 0 Å². The summed E-state index contributed by atoms with van der Waals surface area (Å²) in [6.07, 6.45) is 1.11. The smallest absolute Gasteiger partial charge is 0.339 e. The molecule has 6 heteroatoms. The van der Waals surface area contributed by atoms with Gasteiger partial charge in [-0.3, -0.25) is 0 Å². The minimum atomic E-state index is -1.80. The molecule has 0 radical (unpaired) electrons. The van der Waals surface area contributed by atoms with Crippen LogP contribution in [-0.2, 0) is 13.7 Å². The second kappa shape index (κ2) is 4.74. The van der Waals surface area contributed by atoms with E-state index >= 15 is 0 Å². The SMILES string of the molecule is C[Si](C)(C)ON=CC(=O)O[Si](C)(C)C. The Balaban J connectivity index is 3.96. The van der Waals surface area contributed by atoms with Gasteiger partial charge in [-0.05, 0) is 39.3 Å². The molecule has 0 N–H and O–H groups in total. The lowest BCUT2D eigenvalue weighted by Gasteiger charge is -2.15. The standard InChI is InChI=1S/C8H19NO3Si2/c1-13(2,3)11-8(10)7-9-12-14(4,5)6/h7H,1-6H3. The summed E-state index contributed by atoms with van der Waals surface area (Å²) in [7, 11) is -3.48. The highest BCUT2D eigenvalue weighted by Gasteiger charge is 2.19. The van der Waals surface area contributed by atoms with Crippen molar-refractivity contribution >= 4 is 28.8 Å². The summed E-state index contributed by atoms with van der Waals surface area (Å²) in [4.78, 5) is 11.1. The number of carbonyl (C=O) groups excluding carboxylic acids is 1. The van der Waals surface area contributed by atoms with Crippen molar-refractivity contribution in [3.63, 3.8) is 0 Å². The molecule has 0 saturated carbocycles. The number of nitrogens with zero attached hydrogens (tertiary/aromatic N) is 1. The Morgan fingerprint density at radius 3 is 1.93 bits per heavy atom. The van der Waals surface area contributed by atoms with Gasteiger partial charge in [0.1, 0.15) is 6.21 Å². The van der Waals surface area contributed by atoms with Crippen molar-refractivity contribution in [2.45, 2.75) is 39.3 Å². The molecular weight excluding hydrogens is 214 g/mol. The fourth-order valence-corrected chi connectivity index (χ4v) is 1.58. The molecule has 0 atom stereocenters. The van der Waals surface area contributed by atoms with Crippen LogP contribution in [0.1, 0.15) is 0 Å². The Labute approximate surface area is 87.5 Å². The van der Waals surface area contributed by atoms with Gasteiger partial charge in [-0.2, -0.15) is 0 Å². The highest BCUT2D eigenvalue weighted by Crippen LogP contribution is 2.03. The van der Waals surface area contributed by atoms with Crippen molar-refractivity contribution in [1.82, 2.24) is 0 Å². The van der Waals surface area contributed by atoms with Crippen molar-refractivity contribution < 1.29 is 13.7 Å². The third-order valence-electron chi connectivity index (χ3n) is 0.891. The van der Waals surface area contributed by atoms with Gasteiger partial charge in [0.05, 0.1) is 0 Å². The summed E-state index contributed by atoms with van der Waals surface area (Å²) in [5.74, 6) is -0.414. The first-order chi connectivity index (χ1) is 6.10. The molecule has 0 aromatic heterocycles. The first-order valence-corrected chi connectivity index (χ1v) is 11.4. The number of rotatable bonds is 4. The van der Waals surface area contributed by atoms with Crippen LogP contribution in [0.15, 0.2) is 5.16 Å². The minimum absolute atomic E-state index is 0.414. The van der Waals surface area contributed by atoms with Gasteiger partial charge in [0.25, 0.3) is 8.32 Å². The summed E-state index contributed by atoms with van der Waals surface area (Å²) in [5.41, 5.74) is 0. The van der Waals surface area contributed by atoms with Crippen molar-refractivity contribution in [3.05, 3.63) is 0 Å². The molecule has 82 valence electrons. The molecule has 0 aliphatic carbocycles. The van der Waals surface area contributed by atoms with Gasteiger partial charge in [-0.25, -0.2) is 4.79 Å². The van der Waals surface area contributed by atoms with Crippen LogP contribution in [0.4, 0.5) is 0 Å². The van der Waals surface area contributed by atoms with E-state index < -0.39 is 22.6 Å². The molecule has 0 spiro atoms. The van der Waals surface area contributed by atoms with Crippen LogP contribution in [0.25, 0.3) is 0 Å². The summed E-state index contributed by atoms with van der Waals surface area (Å²) in [6, 6.07) is 0. The Morgan fingerprint density at radius 1 is 1.07 bits per heavy atom. The van der Waals surface area contributed by atoms with Crippen LogP contribution in [0, 0.1) is 0 Å².